The van der Waals surface area contributed by atoms with Gasteiger partial charge in [-0.1, -0.05) is 6.07 Å². The van der Waals surface area contributed by atoms with Crippen molar-refractivity contribution in [2.24, 2.45) is 0 Å². The van der Waals surface area contributed by atoms with Crippen molar-refractivity contribution in [1.29, 1.82) is 5.26 Å². The molecule has 106 valence electrons. The Bertz CT molecular complexity index is 547. The number of hydrogen-bond donors (Lipinski definition) is 2. The maximum absolute atomic E-state index is 11.8. The summed E-state index contributed by atoms with van der Waals surface area (Å²) in [6.45, 7) is 2.13. The number of amides is 2. The summed E-state index contributed by atoms with van der Waals surface area (Å²) in [6.07, 6.45) is -0.223. The molecule has 0 aromatic heterocycles. The second kappa shape index (κ2) is 7.26. The van der Waals surface area contributed by atoms with Crippen LogP contribution in [0, 0.1) is 18.3 Å². The number of rotatable bonds is 5. The van der Waals surface area contributed by atoms with E-state index in [0.717, 1.165) is 5.56 Å². The number of benzene rings is 1. The van der Waals surface area contributed by atoms with Gasteiger partial charge in [-0.3, -0.25) is 9.59 Å². The Kier molecular flexibility index (Phi) is 5.69. The first-order valence-corrected chi connectivity index (χ1v) is 6.14. The molecule has 0 aliphatic heterocycles. The van der Waals surface area contributed by atoms with Crippen LogP contribution in [0.2, 0.25) is 0 Å². The second-order valence-corrected chi connectivity index (χ2v) is 4.72. The minimum absolute atomic E-state index is 0.172. The lowest BCUT2D eigenvalue weighted by atomic mass is 10.2. The Morgan fingerprint density at radius 3 is 2.45 bits per heavy atom. The van der Waals surface area contributed by atoms with Crippen LogP contribution in [0.4, 0.5) is 11.4 Å². The van der Waals surface area contributed by atoms with E-state index < -0.39 is 5.91 Å². The van der Waals surface area contributed by atoms with Crippen LogP contribution in [-0.4, -0.2) is 37.4 Å². The van der Waals surface area contributed by atoms with Crippen molar-refractivity contribution in [3.8, 4) is 6.07 Å². The molecule has 2 N–H and O–H groups in total. The smallest absolute Gasteiger partial charge is 0.238 e. The largest absolute Gasteiger partial charge is 0.323 e. The third kappa shape index (κ3) is 5.08. The molecule has 20 heavy (non-hydrogen) atoms. The summed E-state index contributed by atoms with van der Waals surface area (Å²) in [4.78, 5) is 25.0. The molecule has 6 heteroatoms. The summed E-state index contributed by atoms with van der Waals surface area (Å²) in [5.74, 6) is -0.573. The summed E-state index contributed by atoms with van der Waals surface area (Å²) < 4.78 is 0. The zero-order valence-electron chi connectivity index (χ0n) is 11.9. The van der Waals surface area contributed by atoms with Crippen molar-refractivity contribution in [3.05, 3.63) is 23.8 Å². The number of anilines is 2. The lowest BCUT2D eigenvalue weighted by Crippen LogP contribution is -2.27. The van der Waals surface area contributed by atoms with Gasteiger partial charge in [-0.2, -0.15) is 5.26 Å². The molecular formula is C14H18N4O2. The predicted molar refractivity (Wildman–Crippen MR) is 77.2 cm³/mol. The summed E-state index contributed by atoms with van der Waals surface area (Å²) in [6, 6.07) is 7.10. The zero-order valence-corrected chi connectivity index (χ0v) is 11.9. The molecule has 0 fully saturated rings. The Morgan fingerprint density at radius 1 is 1.20 bits per heavy atom. The van der Waals surface area contributed by atoms with Crippen LogP contribution >= 0.6 is 0 Å². The molecule has 0 heterocycles. The second-order valence-electron chi connectivity index (χ2n) is 4.72. The first kappa shape index (κ1) is 15.7. The van der Waals surface area contributed by atoms with E-state index in [4.69, 9.17) is 5.26 Å². The molecule has 0 spiro atoms. The van der Waals surface area contributed by atoms with Gasteiger partial charge in [-0.15, -0.1) is 0 Å². The SMILES string of the molecule is Cc1ccc(NC(=O)CN(C)C)c(NC(=O)CC#N)c1. The zero-order chi connectivity index (χ0) is 15.1. The van der Waals surface area contributed by atoms with Gasteiger partial charge in [0.05, 0.1) is 24.0 Å². The van der Waals surface area contributed by atoms with E-state index in [-0.39, 0.29) is 18.9 Å². The lowest BCUT2D eigenvalue weighted by Gasteiger charge is -2.14. The maximum atomic E-state index is 11.8. The van der Waals surface area contributed by atoms with Gasteiger partial charge in [0.2, 0.25) is 11.8 Å². The van der Waals surface area contributed by atoms with Crippen LogP contribution in [0.5, 0.6) is 0 Å². The third-order valence-corrected chi connectivity index (χ3v) is 2.42. The minimum Gasteiger partial charge on any atom is -0.323 e. The highest BCUT2D eigenvalue weighted by Gasteiger charge is 2.10. The molecule has 0 radical (unpaired) electrons. The number of nitriles is 1. The molecule has 0 saturated heterocycles. The van der Waals surface area contributed by atoms with Crippen molar-refractivity contribution in [2.75, 3.05) is 31.3 Å². The van der Waals surface area contributed by atoms with E-state index in [1.807, 2.05) is 13.0 Å². The summed E-state index contributed by atoms with van der Waals surface area (Å²) in [7, 11) is 3.59. The van der Waals surface area contributed by atoms with Crippen LogP contribution in [0.3, 0.4) is 0 Å². The number of carbonyl (C=O) groups excluding carboxylic acids is 2. The Hall–Kier alpha value is -2.39. The minimum atomic E-state index is -0.402. The standard InChI is InChI=1S/C14H18N4O2/c1-10-4-5-11(16-14(20)9-18(2)3)12(8-10)17-13(19)6-7-15/h4-5,8H,6,9H2,1-3H3,(H,16,20)(H,17,19). The maximum Gasteiger partial charge on any atom is 0.238 e. The molecule has 0 bridgehead atoms. The van der Waals surface area contributed by atoms with Crippen molar-refractivity contribution in [1.82, 2.24) is 4.90 Å². The van der Waals surface area contributed by atoms with Gasteiger partial charge in [-0.25, -0.2) is 0 Å². The first-order valence-electron chi connectivity index (χ1n) is 6.14. The summed E-state index contributed by atoms with van der Waals surface area (Å²) >= 11 is 0. The fraction of sp³-hybridized carbons (Fsp3) is 0.357. The number of carbonyl (C=O) groups is 2. The van der Waals surface area contributed by atoms with Crippen molar-refractivity contribution in [3.63, 3.8) is 0 Å². The molecule has 0 atom stereocenters. The molecule has 1 rings (SSSR count). The van der Waals surface area contributed by atoms with Crippen LogP contribution in [-0.2, 0) is 9.59 Å². The average molecular weight is 274 g/mol. The molecule has 0 saturated carbocycles. The van der Waals surface area contributed by atoms with Crippen LogP contribution < -0.4 is 10.6 Å². The third-order valence-electron chi connectivity index (χ3n) is 2.42. The molecular weight excluding hydrogens is 256 g/mol. The molecule has 6 nitrogen and oxygen atoms in total. The number of nitrogens with zero attached hydrogens (tertiary/aromatic N) is 2. The highest BCUT2D eigenvalue weighted by molar-refractivity contribution is 6.00. The highest BCUT2D eigenvalue weighted by atomic mass is 16.2. The van der Waals surface area contributed by atoms with Crippen molar-refractivity contribution < 1.29 is 9.59 Å². The average Bonchev–Trinajstić information content (AvgIpc) is 2.32. The fourth-order valence-electron chi connectivity index (χ4n) is 1.61. The molecule has 2 amide bonds. The predicted octanol–water partition coefficient (Wildman–Crippen LogP) is 1.35. The molecule has 1 aromatic carbocycles. The Labute approximate surface area is 118 Å². The van der Waals surface area contributed by atoms with Crippen molar-refractivity contribution in [2.45, 2.75) is 13.3 Å². The number of aryl methyl sites for hydroxylation is 1. The first-order chi connectivity index (χ1) is 9.42. The van der Waals surface area contributed by atoms with E-state index >= 15 is 0 Å². The monoisotopic (exact) mass is 274 g/mol. The number of hydrogen-bond acceptors (Lipinski definition) is 4. The van der Waals surface area contributed by atoms with Gasteiger partial charge in [0.15, 0.2) is 0 Å². The van der Waals surface area contributed by atoms with E-state index in [2.05, 4.69) is 10.6 Å². The molecule has 0 unspecified atom stereocenters. The van der Waals surface area contributed by atoms with Gasteiger partial charge < -0.3 is 15.5 Å². The summed E-state index contributed by atoms with van der Waals surface area (Å²) in [5.41, 5.74) is 1.97. The van der Waals surface area contributed by atoms with E-state index in [1.165, 1.54) is 0 Å². The van der Waals surface area contributed by atoms with Crippen LogP contribution in [0.1, 0.15) is 12.0 Å². The Morgan fingerprint density at radius 2 is 1.85 bits per heavy atom. The van der Waals surface area contributed by atoms with Crippen LogP contribution in [0.15, 0.2) is 18.2 Å². The van der Waals surface area contributed by atoms with Crippen LogP contribution in [0.25, 0.3) is 0 Å². The van der Waals surface area contributed by atoms with E-state index in [9.17, 15) is 9.59 Å². The van der Waals surface area contributed by atoms with Gasteiger partial charge in [-0.05, 0) is 38.7 Å². The highest BCUT2D eigenvalue weighted by Crippen LogP contribution is 2.23. The van der Waals surface area contributed by atoms with Gasteiger partial charge in [0.1, 0.15) is 6.42 Å². The molecule has 1 aromatic rings. The lowest BCUT2D eigenvalue weighted by molar-refractivity contribution is -0.117. The van der Waals surface area contributed by atoms with Gasteiger partial charge >= 0.3 is 0 Å². The van der Waals surface area contributed by atoms with E-state index in [0.29, 0.717) is 11.4 Å². The fourth-order valence-corrected chi connectivity index (χ4v) is 1.61. The Balaban J connectivity index is 2.87. The van der Waals surface area contributed by atoms with E-state index in [1.54, 1.807) is 37.2 Å². The number of nitrogens with one attached hydrogen (secondary N) is 2. The quantitative estimate of drug-likeness (QED) is 0.848. The van der Waals surface area contributed by atoms with Gasteiger partial charge in [0.25, 0.3) is 0 Å². The topological polar surface area (TPSA) is 85.2 Å². The molecule has 0 aliphatic carbocycles. The normalized spacial score (nSPS) is 9.95. The summed E-state index contributed by atoms with van der Waals surface area (Å²) in [5, 5.41) is 13.9. The van der Waals surface area contributed by atoms with Crippen molar-refractivity contribution >= 4 is 23.2 Å². The molecule has 0 aliphatic rings. The van der Waals surface area contributed by atoms with Gasteiger partial charge in [0, 0.05) is 0 Å². The number of likely N-dealkylation sites (N-methyl/N-ethyl adjacent to an activating group) is 1.